The van der Waals surface area contributed by atoms with E-state index in [0.717, 1.165) is 12.8 Å². The molecule has 1 aliphatic carbocycles. The molecule has 0 unspecified atom stereocenters. The third-order valence-corrected chi connectivity index (χ3v) is 3.93. The SMILES string of the molecule is C[C@H](Oc1ccc(F)cc1)C(=O)N[C@@H]1CCCC[C@H]1C. The van der Waals surface area contributed by atoms with Gasteiger partial charge in [0.1, 0.15) is 11.6 Å². The van der Waals surface area contributed by atoms with Crippen LogP contribution in [0.15, 0.2) is 24.3 Å². The number of carbonyl (C=O) groups is 1. The van der Waals surface area contributed by atoms with E-state index in [1.54, 1.807) is 6.92 Å². The molecule has 1 fully saturated rings. The van der Waals surface area contributed by atoms with Crippen molar-refractivity contribution in [3.63, 3.8) is 0 Å². The molecule has 1 aromatic carbocycles. The first kappa shape index (κ1) is 14.8. The smallest absolute Gasteiger partial charge is 0.261 e. The molecule has 1 N–H and O–H groups in total. The number of hydrogen-bond acceptors (Lipinski definition) is 2. The van der Waals surface area contributed by atoms with Gasteiger partial charge in [-0.15, -0.1) is 0 Å². The van der Waals surface area contributed by atoms with Crippen molar-refractivity contribution in [1.82, 2.24) is 5.32 Å². The normalized spacial score (nSPS) is 23.9. The van der Waals surface area contributed by atoms with Gasteiger partial charge >= 0.3 is 0 Å². The molecule has 4 heteroatoms. The minimum absolute atomic E-state index is 0.104. The maximum absolute atomic E-state index is 12.8. The van der Waals surface area contributed by atoms with Gasteiger partial charge in [0, 0.05) is 6.04 Å². The molecule has 1 saturated carbocycles. The summed E-state index contributed by atoms with van der Waals surface area (Å²) in [5.74, 6) is 0.607. The van der Waals surface area contributed by atoms with E-state index in [4.69, 9.17) is 4.74 Å². The van der Waals surface area contributed by atoms with Crippen molar-refractivity contribution in [3.05, 3.63) is 30.1 Å². The zero-order valence-corrected chi connectivity index (χ0v) is 12.1. The summed E-state index contributed by atoms with van der Waals surface area (Å²) in [6, 6.07) is 5.95. The molecule has 0 aliphatic heterocycles. The fourth-order valence-electron chi connectivity index (χ4n) is 2.60. The second-order valence-electron chi connectivity index (χ2n) is 5.59. The van der Waals surface area contributed by atoms with Gasteiger partial charge in [0.15, 0.2) is 6.10 Å². The zero-order valence-electron chi connectivity index (χ0n) is 12.1. The van der Waals surface area contributed by atoms with Crippen LogP contribution in [0, 0.1) is 11.7 Å². The first-order valence-corrected chi connectivity index (χ1v) is 7.29. The average Bonchev–Trinajstić information content (AvgIpc) is 2.44. The van der Waals surface area contributed by atoms with Crippen LogP contribution in [0.2, 0.25) is 0 Å². The van der Waals surface area contributed by atoms with Crippen molar-refractivity contribution in [3.8, 4) is 5.75 Å². The van der Waals surface area contributed by atoms with E-state index in [-0.39, 0.29) is 17.8 Å². The Kier molecular flexibility index (Phi) is 4.99. The summed E-state index contributed by atoms with van der Waals surface area (Å²) in [6.45, 7) is 3.89. The molecule has 1 aromatic rings. The Morgan fingerprint density at radius 1 is 1.30 bits per heavy atom. The molecule has 0 heterocycles. The third-order valence-electron chi connectivity index (χ3n) is 3.93. The lowest BCUT2D eigenvalue weighted by Gasteiger charge is -2.30. The van der Waals surface area contributed by atoms with Crippen molar-refractivity contribution in [2.24, 2.45) is 5.92 Å². The maximum Gasteiger partial charge on any atom is 0.261 e. The number of carbonyl (C=O) groups excluding carboxylic acids is 1. The maximum atomic E-state index is 12.8. The number of nitrogens with one attached hydrogen (secondary N) is 1. The lowest BCUT2D eigenvalue weighted by molar-refractivity contribution is -0.128. The van der Waals surface area contributed by atoms with Crippen LogP contribution in [-0.2, 0) is 4.79 Å². The van der Waals surface area contributed by atoms with E-state index in [2.05, 4.69) is 12.2 Å². The topological polar surface area (TPSA) is 38.3 Å². The molecule has 2 rings (SSSR count). The van der Waals surface area contributed by atoms with Crippen molar-refractivity contribution in [2.45, 2.75) is 51.7 Å². The zero-order chi connectivity index (χ0) is 14.5. The first-order valence-electron chi connectivity index (χ1n) is 7.29. The molecule has 3 atom stereocenters. The highest BCUT2D eigenvalue weighted by molar-refractivity contribution is 5.81. The Morgan fingerprint density at radius 2 is 1.95 bits per heavy atom. The van der Waals surface area contributed by atoms with Gasteiger partial charge in [-0.1, -0.05) is 19.8 Å². The van der Waals surface area contributed by atoms with Crippen LogP contribution in [0.4, 0.5) is 4.39 Å². The van der Waals surface area contributed by atoms with E-state index in [0.29, 0.717) is 11.7 Å². The Labute approximate surface area is 119 Å². The lowest BCUT2D eigenvalue weighted by Crippen LogP contribution is -2.46. The molecule has 0 saturated heterocycles. The van der Waals surface area contributed by atoms with Gasteiger partial charge < -0.3 is 10.1 Å². The van der Waals surface area contributed by atoms with Crippen LogP contribution in [0.3, 0.4) is 0 Å². The summed E-state index contributed by atoms with van der Waals surface area (Å²) < 4.78 is 18.3. The predicted molar refractivity (Wildman–Crippen MR) is 76.1 cm³/mol. The Hall–Kier alpha value is -1.58. The molecule has 110 valence electrons. The third kappa shape index (κ3) is 3.95. The molecule has 3 nitrogen and oxygen atoms in total. The Balaban J connectivity index is 1.86. The molecule has 0 aromatic heterocycles. The minimum Gasteiger partial charge on any atom is -0.481 e. The minimum atomic E-state index is -0.574. The quantitative estimate of drug-likeness (QED) is 0.918. The van der Waals surface area contributed by atoms with Gasteiger partial charge in [-0.25, -0.2) is 4.39 Å². The molecular formula is C16H22FNO2. The van der Waals surface area contributed by atoms with Crippen LogP contribution < -0.4 is 10.1 Å². The van der Waals surface area contributed by atoms with Gasteiger partial charge in [0.25, 0.3) is 5.91 Å². The molecule has 0 spiro atoms. The summed E-state index contributed by atoms with van der Waals surface area (Å²) in [5, 5.41) is 3.06. The monoisotopic (exact) mass is 279 g/mol. The summed E-state index contributed by atoms with van der Waals surface area (Å²) in [4.78, 5) is 12.1. The van der Waals surface area contributed by atoms with E-state index in [1.165, 1.54) is 37.1 Å². The van der Waals surface area contributed by atoms with E-state index < -0.39 is 6.10 Å². The van der Waals surface area contributed by atoms with Gasteiger partial charge in [-0.3, -0.25) is 4.79 Å². The number of benzene rings is 1. The molecular weight excluding hydrogens is 257 g/mol. The number of ether oxygens (including phenoxy) is 1. The van der Waals surface area contributed by atoms with Crippen molar-refractivity contribution >= 4 is 5.91 Å². The summed E-state index contributed by atoms with van der Waals surface area (Å²) in [7, 11) is 0. The van der Waals surface area contributed by atoms with E-state index >= 15 is 0 Å². The fourth-order valence-corrected chi connectivity index (χ4v) is 2.60. The first-order chi connectivity index (χ1) is 9.56. The van der Waals surface area contributed by atoms with Crippen LogP contribution in [-0.4, -0.2) is 18.1 Å². The highest BCUT2D eigenvalue weighted by atomic mass is 19.1. The Morgan fingerprint density at radius 3 is 2.60 bits per heavy atom. The van der Waals surface area contributed by atoms with Gasteiger partial charge in [-0.05, 0) is 49.9 Å². The second kappa shape index (κ2) is 6.73. The van der Waals surface area contributed by atoms with Crippen LogP contribution in [0.1, 0.15) is 39.5 Å². The van der Waals surface area contributed by atoms with Crippen LogP contribution in [0.5, 0.6) is 5.75 Å². The fraction of sp³-hybridized carbons (Fsp3) is 0.562. The summed E-state index contributed by atoms with van der Waals surface area (Å²) in [5.41, 5.74) is 0. The molecule has 1 amide bonds. The van der Waals surface area contributed by atoms with E-state index in [9.17, 15) is 9.18 Å². The predicted octanol–water partition coefficient (Wildman–Crippen LogP) is 3.29. The van der Waals surface area contributed by atoms with Crippen molar-refractivity contribution < 1.29 is 13.9 Å². The van der Waals surface area contributed by atoms with Crippen molar-refractivity contribution in [2.75, 3.05) is 0 Å². The Bertz CT molecular complexity index is 446. The highest BCUT2D eigenvalue weighted by Crippen LogP contribution is 2.24. The largest absolute Gasteiger partial charge is 0.481 e. The second-order valence-corrected chi connectivity index (χ2v) is 5.59. The standard InChI is InChI=1S/C16H22FNO2/c1-11-5-3-4-6-15(11)18-16(19)12(2)20-14-9-7-13(17)8-10-14/h7-12,15H,3-6H2,1-2H3,(H,18,19)/t11-,12+,15-/m1/s1. The van der Waals surface area contributed by atoms with E-state index in [1.807, 2.05) is 0 Å². The van der Waals surface area contributed by atoms with Gasteiger partial charge in [0.05, 0.1) is 0 Å². The van der Waals surface area contributed by atoms with Crippen LogP contribution in [0.25, 0.3) is 0 Å². The molecule has 0 radical (unpaired) electrons. The lowest BCUT2D eigenvalue weighted by atomic mass is 9.86. The molecule has 0 bridgehead atoms. The number of halogens is 1. The van der Waals surface area contributed by atoms with Crippen molar-refractivity contribution in [1.29, 1.82) is 0 Å². The number of hydrogen-bond donors (Lipinski definition) is 1. The molecule has 20 heavy (non-hydrogen) atoms. The number of rotatable bonds is 4. The van der Waals surface area contributed by atoms with Crippen LogP contribution >= 0.6 is 0 Å². The number of amides is 1. The highest BCUT2D eigenvalue weighted by Gasteiger charge is 2.25. The molecule has 1 aliphatic rings. The summed E-state index contributed by atoms with van der Waals surface area (Å²) in [6.07, 6.45) is 4.04. The average molecular weight is 279 g/mol. The van der Waals surface area contributed by atoms with Gasteiger partial charge in [-0.2, -0.15) is 0 Å². The summed E-state index contributed by atoms with van der Waals surface area (Å²) >= 11 is 0. The van der Waals surface area contributed by atoms with Gasteiger partial charge in [0.2, 0.25) is 0 Å².